The highest BCUT2D eigenvalue weighted by Gasteiger charge is 2.32. The third kappa shape index (κ3) is 4.21. The average Bonchev–Trinajstić information content (AvgIpc) is 3.27. The lowest BCUT2D eigenvalue weighted by Gasteiger charge is -2.22. The molecule has 0 bridgehead atoms. The average molecular weight is 289 g/mol. The van der Waals surface area contributed by atoms with Crippen molar-refractivity contribution in [3.05, 3.63) is 34.9 Å². The van der Waals surface area contributed by atoms with Gasteiger partial charge in [0.15, 0.2) is 0 Å². The largest absolute Gasteiger partial charge is 0.409 e. The van der Waals surface area contributed by atoms with Crippen LogP contribution in [-0.4, -0.2) is 34.4 Å². The summed E-state index contributed by atoms with van der Waals surface area (Å²) in [5.74, 6) is 0.289. The maximum Gasteiger partial charge on any atom is 0.227 e. The SMILES string of the molecule is Cc1ccc(C)c(CC(=O)N(CCC(N)=NO)C2CC2)c1. The van der Waals surface area contributed by atoms with E-state index in [0.29, 0.717) is 25.4 Å². The van der Waals surface area contributed by atoms with Gasteiger partial charge in [0.25, 0.3) is 0 Å². The van der Waals surface area contributed by atoms with Crippen molar-refractivity contribution in [2.75, 3.05) is 6.54 Å². The molecule has 0 heterocycles. The van der Waals surface area contributed by atoms with Crippen molar-refractivity contribution in [2.24, 2.45) is 10.9 Å². The number of nitrogens with zero attached hydrogens (tertiary/aromatic N) is 2. The molecule has 0 spiro atoms. The summed E-state index contributed by atoms with van der Waals surface area (Å²) in [6, 6.07) is 6.51. The smallest absolute Gasteiger partial charge is 0.227 e. The van der Waals surface area contributed by atoms with E-state index in [2.05, 4.69) is 23.4 Å². The first-order chi connectivity index (χ1) is 10.0. The quantitative estimate of drug-likeness (QED) is 0.364. The first kappa shape index (κ1) is 15.4. The predicted octanol–water partition coefficient (Wildman–Crippen LogP) is 1.97. The van der Waals surface area contributed by atoms with Gasteiger partial charge in [0.1, 0.15) is 5.84 Å². The van der Waals surface area contributed by atoms with E-state index in [0.717, 1.165) is 29.5 Å². The summed E-state index contributed by atoms with van der Waals surface area (Å²) in [5.41, 5.74) is 8.88. The fraction of sp³-hybridized carbons (Fsp3) is 0.500. The number of hydrogen-bond acceptors (Lipinski definition) is 3. The Morgan fingerprint density at radius 3 is 2.76 bits per heavy atom. The van der Waals surface area contributed by atoms with Gasteiger partial charge in [0.05, 0.1) is 6.42 Å². The molecule has 1 aliphatic rings. The fourth-order valence-electron chi connectivity index (χ4n) is 2.44. The van der Waals surface area contributed by atoms with Crippen molar-refractivity contribution in [1.82, 2.24) is 4.90 Å². The second kappa shape index (κ2) is 6.61. The summed E-state index contributed by atoms with van der Waals surface area (Å²) in [6.45, 7) is 4.58. The molecule has 0 radical (unpaired) electrons. The van der Waals surface area contributed by atoms with E-state index in [1.54, 1.807) is 0 Å². The van der Waals surface area contributed by atoms with Gasteiger partial charge < -0.3 is 15.8 Å². The van der Waals surface area contributed by atoms with Crippen LogP contribution in [0.5, 0.6) is 0 Å². The van der Waals surface area contributed by atoms with E-state index in [-0.39, 0.29) is 11.7 Å². The monoisotopic (exact) mass is 289 g/mol. The molecule has 1 aromatic rings. The predicted molar refractivity (Wildman–Crippen MR) is 82.4 cm³/mol. The Kier molecular flexibility index (Phi) is 4.83. The minimum atomic E-state index is 0.122. The molecule has 1 aromatic carbocycles. The van der Waals surface area contributed by atoms with Gasteiger partial charge in [-0.2, -0.15) is 0 Å². The normalized spacial score (nSPS) is 15.0. The molecule has 0 unspecified atom stereocenters. The Morgan fingerprint density at radius 1 is 1.43 bits per heavy atom. The van der Waals surface area contributed by atoms with Crippen LogP contribution in [0.4, 0.5) is 0 Å². The number of carbonyl (C=O) groups excluding carboxylic acids is 1. The zero-order valence-corrected chi connectivity index (χ0v) is 12.7. The van der Waals surface area contributed by atoms with Crippen LogP contribution in [0.15, 0.2) is 23.4 Å². The van der Waals surface area contributed by atoms with Crippen LogP contribution in [0.1, 0.15) is 36.0 Å². The van der Waals surface area contributed by atoms with E-state index in [1.807, 2.05) is 18.7 Å². The molecule has 1 amide bonds. The zero-order valence-electron chi connectivity index (χ0n) is 12.7. The van der Waals surface area contributed by atoms with Crippen molar-refractivity contribution in [3.63, 3.8) is 0 Å². The maximum absolute atomic E-state index is 12.5. The van der Waals surface area contributed by atoms with Crippen LogP contribution in [-0.2, 0) is 11.2 Å². The maximum atomic E-state index is 12.5. The number of amides is 1. The third-order valence-electron chi connectivity index (χ3n) is 3.89. The number of carbonyl (C=O) groups is 1. The van der Waals surface area contributed by atoms with Crippen molar-refractivity contribution in [2.45, 2.75) is 45.6 Å². The molecule has 1 saturated carbocycles. The molecule has 0 saturated heterocycles. The van der Waals surface area contributed by atoms with Gasteiger partial charge in [-0.1, -0.05) is 28.9 Å². The Bertz CT molecular complexity index is 550. The van der Waals surface area contributed by atoms with Gasteiger partial charge in [-0.3, -0.25) is 4.79 Å². The summed E-state index contributed by atoms with van der Waals surface area (Å²) in [4.78, 5) is 14.4. The van der Waals surface area contributed by atoms with Gasteiger partial charge in [0.2, 0.25) is 5.91 Å². The lowest BCUT2D eigenvalue weighted by Crippen LogP contribution is -2.37. The van der Waals surface area contributed by atoms with Gasteiger partial charge >= 0.3 is 0 Å². The lowest BCUT2D eigenvalue weighted by atomic mass is 10.0. The standard InChI is InChI=1S/C16H23N3O2/c1-11-3-4-12(2)13(9-11)10-16(20)19(14-5-6-14)8-7-15(17)18-21/h3-4,9,14,21H,5-8,10H2,1-2H3,(H2,17,18). The summed E-state index contributed by atoms with van der Waals surface area (Å²) < 4.78 is 0. The molecule has 0 atom stereocenters. The van der Waals surface area contributed by atoms with Crippen molar-refractivity contribution in [1.29, 1.82) is 0 Å². The Labute approximate surface area is 125 Å². The van der Waals surface area contributed by atoms with Crippen LogP contribution in [0.2, 0.25) is 0 Å². The van der Waals surface area contributed by atoms with E-state index in [9.17, 15) is 4.79 Å². The van der Waals surface area contributed by atoms with Crippen LogP contribution >= 0.6 is 0 Å². The molecular weight excluding hydrogens is 266 g/mol. The summed E-state index contributed by atoms with van der Waals surface area (Å²) in [5, 5.41) is 11.6. The molecule has 5 nitrogen and oxygen atoms in total. The van der Waals surface area contributed by atoms with Crippen molar-refractivity contribution >= 4 is 11.7 Å². The second-order valence-corrected chi connectivity index (χ2v) is 5.77. The van der Waals surface area contributed by atoms with Gasteiger partial charge in [-0.25, -0.2) is 0 Å². The van der Waals surface area contributed by atoms with Crippen LogP contribution in [0.3, 0.4) is 0 Å². The molecule has 1 aliphatic carbocycles. The highest BCUT2D eigenvalue weighted by Crippen LogP contribution is 2.28. The van der Waals surface area contributed by atoms with Crippen LogP contribution < -0.4 is 5.73 Å². The zero-order chi connectivity index (χ0) is 15.4. The number of hydrogen-bond donors (Lipinski definition) is 2. The second-order valence-electron chi connectivity index (χ2n) is 5.77. The number of aryl methyl sites for hydroxylation is 2. The number of amidine groups is 1. The highest BCUT2D eigenvalue weighted by molar-refractivity contribution is 5.82. The number of nitrogens with two attached hydrogens (primary N) is 1. The molecule has 0 aromatic heterocycles. The van der Waals surface area contributed by atoms with Gasteiger partial charge in [-0.15, -0.1) is 0 Å². The van der Waals surface area contributed by atoms with E-state index in [1.165, 1.54) is 0 Å². The topological polar surface area (TPSA) is 78.9 Å². The van der Waals surface area contributed by atoms with E-state index >= 15 is 0 Å². The molecular formula is C16H23N3O2. The van der Waals surface area contributed by atoms with Crippen LogP contribution in [0, 0.1) is 13.8 Å². The van der Waals surface area contributed by atoms with Crippen molar-refractivity contribution < 1.29 is 10.0 Å². The van der Waals surface area contributed by atoms with Crippen LogP contribution in [0.25, 0.3) is 0 Å². The number of benzene rings is 1. The minimum absolute atomic E-state index is 0.122. The minimum Gasteiger partial charge on any atom is -0.409 e. The Morgan fingerprint density at radius 2 is 2.14 bits per heavy atom. The first-order valence-electron chi connectivity index (χ1n) is 7.33. The molecule has 21 heavy (non-hydrogen) atoms. The Hall–Kier alpha value is -2.04. The first-order valence-corrected chi connectivity index (χ1v) is 7.33. The highest BCUT2D eigenvalue weighted by atomic mass is 16.4. The third-order valence-corrected chi connectivity index (χ3v) is 3.89. The molecule has 5 heteroatoms. The summed E-state index contributed by atoms with van der Waals surface area (Å²) >= 11 is 0. The molecule has 2 rings (SSSR count). The number of rotatable bonds is 6. The van der Waals surface area contributed by atoms with Crippen molar-refractivity contribution in [3.8, 4) is 0 Å². The lowest BCUT2D eigenvalue weighted by molar-refractivity contribution is -0.131. The van der Waals surface area contributed by atoms with E-state index < -0.39 is 0 Å². The fourth-order valence-corrected chi connectivity index (χ4v) is 2.44. The summed E-state index contributed by atoms with van der Waals surface area (Å²) in [7, 11) is 0. The number of oxime groups is 1. The Balaban J connectivity index is 2.03. The van der Waals surface area contributed by atoms with Gasteiger partial charge in [0, 0.05) is 19.0 Å². The van der Waals surface area contributed by atoms with E-state index in [4.69, 9.17) is 10.9 Å². The molecule has 114 valence electrons. The molecule has 1 fully saturated rings. The summed E-state index contributed by atoms with van der Waals surface area (Å²) in [6.07, 6.45) is 2.93. The molecule has 0 aliphatic heterocycles. The molecule has 3 N–H and O–H groups in total. The van der Waals surface area contributed by atoms with Gasteiger partial charge in [-0.05, 0) is 37.8 Å².